The van der Waals surface area contributed by atoms with Crippen molar-refractivity contribution in [1.29, 1.82) is 0 Å². The van der Waals surface area contributed by atoms with Crippen LogP contribution in [0.4, 0.5) is 20.6 Å². The van der Waals surface area contributed by atoms with Gasteiger partial charge in [0.1, 0.15) is 11.4 Å². The maximum absolute atomic E-state index is 14.7. The van der Waals surface area contributed by atoms with Gasteiger partial charge in [-0.2, -0.15) is 0 Å². The predicted molar refractivity (Wildman–Crippen MR) is 172 cm³/mol. The van der Waals surface area contributed by atoms with Gasteiger partial charge in [-0.25, -0.2) is 14.0 Å². The first-order chi connectivity index (χ1) is 21.3. The Morgan fingerprint density at radius 3 is 2.07 bits per heavy atom. The zero-order chi connectivity index (χ0) is 32.6. The molecule has 3 amide bonds. The summed E-state index contributed by atoms with van der Waals surface area (Å²) in [7, 11) is 0. The number of anilines is 2. The Morgan fingerprint density at radius 1 is 0.867 bits per heavy atom. The SMILES string of the molecule is CC(=O)Nc1ccc(C2C(C(=O)c3cc(C)sc3C)C(c3ccc(F)cc3)N(C(=O)Nc3cccc(C)c3)C2(C)C(=O)O)cc1. The van der Waals surface area contributed by atoms with E-state index in [4.69, 9.17) is 0 Å². The molecule has 0 bridgehead atoms. The van der Waals surface area contributed by atoms with Crippen LogP contribution in [0.2, 0.25) is 0 Å². The number of aryl methyl sites for hydroxylation is 3. The molecule has 2 heterocycles. The molecule has 1 aromatic heterocycles. The van der Waals surface area contributed by atoms with Crippen molar-refractivity contribution in [2.75, 3.05) is 10.6 Å². The maximum atomic E-state index is 14.7. The molecule has 5 rings (SSSR count). The topological polar surface area (TPSA) is 116 Å². The van der Waals surface area contributed by atoms with Crippen LogP contribution in [0.25, 0.3) is 0 Å². The number of halogens is 1. The first-order valence-electron chi connectivity index (χ1n) is 14.5. The largest absolute Gasteiger partial charge is 0.479 e. The third-order valence-electron chi connectivity index (χ3n) is 8.42. The number of benzene rings is 3. The fraction of sp³-hybridized carbons (Fsp3) is 0.257. The highest BCUT2D eigenvalue weighted by Gasteiger charge is 2.65. The number of ketones is 1. The van der Waals surface area contributed by atoms with E-state index in [-0.39, 0.29) is 11.7 Å². The van der Waals surface area contributed by atoms with E-state index in [1.54, 1.807) is 48.5 Å². The van der Waals surface area contributed by atoms with Gasteiger partial charge in [-0.1, -0.05) is 36.4 Å². The Morgan fingerprint density at radius 2 is 1.51 bits per heavy atom. The van der Waals surface area contributed by atoms with E-state index in [0.717, 1.165) is 15.3 Å². The van der Waals surface area contributed by atoms with E-state index >= 15 is 0 Å². The molecule has 8 nitrogen and oxygen atoms in total. The monoisotopic (exact) mass is 627 g/mol. The number of carbonyl (C=O) groups is 4. The van der Waals surface area contributed by atoms with Crippen molar-refractivity contribution >= 4 is 46.4 Å². The standard InChI is InChI=1S/C35H34FN3O5S/c1-19-7-6-8-27(17-19)38-34(44)39-31(24-9-13-25(36)14-10-24)29(32(41)28-18-20(2)45-21(28)3)30(35(39,5)33(42)43)23-11-15-26(16-12-23)37-22(4)40/h6-18,29-31H,1-5H3,(H,37,40)(H,38,44)(H,42,43). The summed E-state index contributed by atoms with van der Waals surface area (Å²) in [4.78, 5) is 57.2. The second-order valence-corrected chi connectivity index (χ2v) is 13.1. The molecule has 0 aliphatic carbocycles. The Labute approximate surface area is 264 Å². The summed E-state index contributed by atoms with van der Waals surface area (Å²) < 4.78 is 14.2. The number of carboxylic acid groups (broad SMARTS) is 1. The smallest absolute Gasteiger partial charge is 0.330 e. The molecule has 232 valence electrons. The molecule has 4 aromatic rings. The number of hydrogen-bond donors (Lipinski definition) is 3. The molecule has 4 unspecified atom stereocenters. The van der Waals surface area contributed by atoms with Crippen LogP contribution in [-0.2, 0) is 9.59 Å². The van der Waals surface area contributed by atoms with Crippen LogP contribution in [0.1, 0.15) is 62.6 Å². The quantitative estimate of drug-likeness (QED) is 0.184. The van der Waals surface area contributed by atoms with E-state index in [2.05, 4.69) is 10.6 Å². The van der Waals surface area contributed by atoms with Crippen LogP contribution in [0.3, 0.4) is 0 Å². The molecule has 1 saturated heterocycles. The van der Waals surface area contributed by atoms with Crippen molar-refractivity contribution in [1.82, 2.24) is 4.90 Å². The average Bonchev–Trinajstić information content (AvgIpc) is 3.46. The number of thiophene rings is 1. The molecule has 0 radical (unpaired) electrons. The van der Waals surface area contributed by atoms with Crippen molar-refractivity contribution in [3.05, 3.63) is 117 Å². The van der Waals surface area contributed by atoms with E-state index in [9.17, 15) is 28.7 Å². The van der Waals surface area contributed by atoms with Crippen LogP contribution in [0, 0.1) is 32.5 Å². The molecule has 3 aromatic carbocycles. The van der Waals surface area contributed by atoms with Crippen LogP contribution < -0.4 is 10.6 Å². The lowest BCUT2D eigenvalue weighted by Crippen LogP contribution is -2.55. The van der Waals surface area contributed by atoms with Gasteiger partial charge in [-0.3, -0.25) is 14.5 Å². The molecule has 4 atom stereocenters. The summed E-state index contributed by atoms with van der Waals surface area (Å²) in [5.41, 5.74) is 1.26. The van der Waals surface area contributed by atoms with E-state index in [0.29, 0.717) is 28.1 Å². The minimum atomic E-state index is -1.94. The number of Topliss-reactive ketones (excluding diaryl/α,β-unsaturated/α-hetero) is 1. The number of carbonyl (C=O) groups excluding carboxylic acids is 3. The minimum absolute atomic E-state index is 0.272. The second-order valence-electron chi connectivity index (χ2n) is 11.6. The first-order valence-corrected chi connectivity index (χ1v) is 15.3. The van der Waals surface area contributed by atoms with Gasteiger partial charge in [-0.15, -0.1) is 11.3 Å². The predicted octanol–water partition coefficient (Wildman–Crippen LogP) is 7.49. The highest BCUT2D eigenvalue weighted by Crippen LogP contribution is 2.57. The van der Waals surface area contributed by atoms with Gasteiger partial charge in [0.25, 0.3) is 0 Å². The van der Waals surface area contributed by atoms with Gasteiger partial charge in [0, 0.05) is 39.5 Å². The number of hydrogen-bond acceptors (Lipinski definition) is 5. The molecule has 45 heavy (non-hydrogen) atoms. The third kappa shape index (κ3) is 5.98. The molecule has 10 heteroatoms. The number of carboxylic acids is 1. The van der Waals surface area contributed by atoms with Gasteiger partial charge in [-0.05, 0) is 86.8 Å². The number of aliphatic carboxylic acids is 1. The lowest BCUT2D eigenvalue weighted by Gasteiger charge is -2.37. The first kappa shape index (κ1) is 31.6. The summed E-state index contributed by atoms with van der Waals surface area (Å²) in [5.74, 6) is -4.51. The van der Waals surface area contributed by atoms with Crippen molar-refractivity contribution in [3.63, 3.8) is 0 Å². The summed E-state index contributed by atoms with van der Waals surface area (Å²) in [6, 6.07) is 19.2. The zero-order valence-electron chi connectivity index (χ0n) is 25.6. The van der Waals surface area contributed by atoms with Crippen molar-refractivity contribution in [2.45, 2.75) is 52.1 Å². The lowest BCUT2D eigenvalue weighted by atomic mass is 9.71. The number of urea groups is 1. The van der Waals surface area contributed by atoms with Gasteiger partial charge in [0.15, 0.2) is 5.78 Å². The lowest BCUT2D eigenvalue weighted by molar-refractivity contribution is -0.148. The molecule has 1 fully saturated rings. The molecule has 1 aliphatic heterocycles. The van der Waals surface area contributed by atoms with Crippen LogP contribution in [0.5, 0.6) is 0 Å². The molecule has 3 N–H and O–H groups in total. The van der Waals surface area contributed by atoms with Gasteiger partial charge < -0.3 is 15.7 Å². The summed E-state index contributed by atoms with van der Waals surface area (Å²) in [6.45, 7) is 8.43. The zero-order valence-corrected chi connectivity index (χ0v) is 26.4. The number of nitrogens with one attached hydrogen (secondary N) is 2. The highest BCUT2D eigenvalue weighted by atomic mass is 32.1. The Kier molecular flexibility index (Phi) is 8.62. The number of nitrogens with zero attached hydrogens (tertiary/aromatic N) is 1. The Bertz CT molecular complexity index is 1790. The second kappa shape index (κ2) is 12.3. The normalized spacial score (nSPS) is 20.9. The number of amides is 3. The Balaban J connectivity index is 1.77. The van der Waals surface area contributed by atoms with Gasteiger partial charge >= 0.3 is 12.0 Å². The van der Waals surface area contributed by atoms with Crippen LogP contribution >= 0.6 is 11.3 Å². The third-order valence-corrected chi connectivity index (χ3v) is 9.38. The fourth-order valence-electron chi connectivity index (χ4n) is 6.49. The molecular weight excluding hydrogens is 593 g/mol. The van der Waals surface area contributed by atoms with E-state index < -0.39 is 41.2 Å². The molecule has 1 aliphatic rings. The van der Waals surface area contributed by atoms with E-state index in [1.165, 1.54) is 54.3 Å². The fourth-order valence-corrected chi connectivity index (χ4v) is 7.42. The number of likely N-dealkylation sites (tertiary alicyclic amines) is 1. The average molecular weight is 628 g/mol. The molecular formula is C35H34FN3O5S. The number of rotatable bonds is 7. The molecule has 0 saturated carbocycles. The maximum Gasteiger partial charge on any atom is 0.330 e. The summed E-state index contributed by atoms with van der Waals surface area (Å²) in [5, 5.41) is 16.6. The van der Waals surface area contributed by atoms with Gasteiger partial charge in [0.05, 0.1) is 12.0 Å². The molecule has 0 spiro atoms. The van der Waals surface area contributed by atoms with Crippen molar-refractivity contribution in [3.8, 4) is 0 Å². The highest BCUT2D eigenvalue weighted by molar-refractivity contribution is 7.12. The van der Waals surface area contributed by atoms with Crippen molar-refractivity contribution in [2.24, 2.45) is 5.92 Å². The minimum Gasteiger partial charge on any atom is -0.479 e. The van der Waals surface area contributed by atoms with E-state index in [1.807, 2.05) is 26.8 Å². The Hall–Kier alpha value is -4.83. The summed E-state index contributed by atoms with van der Waals surface area (Å²) in [6.07, 6.45) is 0. The van der Waals surface area contributed by atoms with Crippen LogP contribution in [0.15, 0.2) is 78.9 Å². The van der Waals surface area contributed by atoms with Gasteiger partial charge in [0.2, 0.25) is 5.91 Å². The van der Waals surface area contributed by atoms with Crippen molar-refractivity contribution < 1.29 is 28.7 Å². The van der Waals surface area contributed by atoms with Crippen LogP contribution in [-0.4, -0.2) is 39.2 Å². The summed E-state index contributed by atoms with van der Waals surface area (Å²) >= 11 is 1.46.